The number of benzene rings is 2. The van der Waals surface area contributed by atoms with E-state index < -0.39 is 29.0 Å². The number of anilines is 1. The van der Waals surface area contributed by atoms with Crippen molar-refractivity contribution in [3.05, 3.63) is 91.8 Å². The van der Waals surface area contributed by atoms with E-state index in [2.05, 4.69) is 25.6 Å². The Labute approximate surface area is 263 Å². The molecule has 4 rings (SSSR count). The van der Waals surface area contributed by atoms with Crippen LogP contribution < -0.4 is 20.9 Å². The molecule has 0 saturated heterocycles. The molecular formula is C31H31Cl2N5O6. The predicted octanol–water partition coefficient (Wildman–Crippen LogP) is 5.87. The molecular weight excluding hydrogens is 609 g/mol. The van der Waals surface area contributed by atoms with Crippen LogP contribution in [-0.2, 0) is 9.53 Å². The zero-order chi connectivity index (χ0) is 32.0. The van der Waals surface area contributed by atoms with E-state index in [9.17, 15) is 19.2 Å². The van der Waals surface area contributed by atoms with Gasteiger partial charge in [-0.15, -0.1) is 0 Å². The van der Waals surface area contributed by atoms with Crippen LogP contribution in [0.3, 0.4) is 0 Å². The van der Waals surface area contributed by atoms with Gasteiger partial charge < -0.3 is 25.1 Å². The number of hydrogen-bond donors (Lipinski definition) is 3. The lowest BCUT2D eigenvalue weighted by Gasteiger charge is -2.21. The maximum Gasteiger partial charge on any atom is 0.318 e. The fourth-order valence-corrected chi connectivity index (χ4v) is 4.69. The fourth-order valence-electron chi connectivity index (χ4n) is 4.33. The molecule has 3 N–H and O–H groups in total. The lowest BCUT2D eigenvalue weighted by Crippen LogP contribution is -2.29. The number of nitrogens with zero attached hydrogens (tertiary/aromatic N) is 2. The van der Waals surface area contributed by atoms with E-state index in [1.807, 2.05) is 6.07 Å². The molecule has 0 aliphatic rings. The first kappa shape index (κ1) is 32.4. The van der Waals surface area contributed by atoms with Crippen LogP contribution in [-0.4, -0.2) is 45.4 Å². The topological polar surface area (TPSA) is 152 Å². The Morgan fingerprint density at radius 3 is 2.52 bits per heavy atom. The van der Waals surface area contributed by atoms with Gasteiger partial charge in [0.25, 0.3) is 17.4 Å². The van der Waals surface area contributed by atoms with Gasteiger partial charge in [-0.25, -0.2) is 4.98 Å². The molecule has 0 radical (unpaired) electrons. The summed E-state index contributed by atoms with van der Waals surface area (Å²) in [6.07, 6.45) is 2.47. The summed E-state index contributed by atoms with van der Waals surface area (Å²) in [7, 11) is 1.39. The number of carbonyl (C=O) groups excluding carboxylic acids is 3. The number of hydrogen-bond acceptors (Lipinski definition) is 8. The van der Waals surface area contributed by atoms with Crippen molar-refractivity contribution in [3.8, 4) is 6.01 Å². The molecule has 0 unspecified atom stereocenters. The first-order chi connectivity index (χ1) is 20.8. The van der Waals surface area contributed by atoms with Crippen LogP contribution in [0.1, 0.15) is 72.4 Å². The quantitative estimate of drug-likeness (QED) is 0.182. The van der Waals surface area contributed by atoms with E-state index in [4.69, 9.17) is 32.7 Å². The Morgan fingerprint density at radius 2 is 1.82 bits per heavy atom. The van der Waals surface area contributed by atoms with Gasteiger partial charge in [-0.05, 0) is 75.6 Å². The number of halogens is 2. The van der Waals surface area contributed by atoms with Crippen LogP contribution in [0.4, 0.5) is 5.69 Å². The summed E-state index contributed by atoms with van der Waals surface area (Å²) in [5, 5.41) is 6.65. The van der Waals surface area contributed by atoms with Crippen LogP contribution >= 0.6 is 23.2 Å². The predicted molar refractivity (Wildman–Crippen MR) is 167 cm³/mol. The summed E-state index contributed by atoms with van der Waals surface area (Å²) in [6, 6.07) is 12.4. The molecule has 2 amide bonds. The normalized spacial score (nSPS) is 12.0. The SMILES string of the molecule is COc1ncc2cc(C(=O)Nc3cc(C(=O)N[C@@H](CCCC(=O)OC(C)(C)C)c4cccc(Cl)c4)ccc3Cl)c(=O)[nH]c2n1. The monoisotopic (exact) mass is 639 g/mol. The van der Waals surface area contributed by atoms with Crippen LogP contribution in [0, 0.1) is 0 Å². The second-order valence-electron chi connectivity index (χ2n) is 10.9. The third-order valence-corrected chi connectivity index (χ3v) is 6.89. The van der Waals surface area contributed by atoms with Gasteiger partial charge in [-0.3, -0.25) is 19.2 Å². The molecule has 13 heteroatoms. The van der Waals surface area contributed by atoms with Crippen molar-refractivity contribution in [3.63, 3.8) is 0 Å². The Balaban J connectivity index is 1.51. The van der Waals surface area contributed by atoms with Crippen molar-refractivity contribution in [2.24, 2.45) is 0 Å². The highest BCUT2D eigenvalue weighted by atomic mass is 35.5. The van der Waals surface area contributed by atoms with Crippen LogP contribution in [0.25, 0.3) is 11.0 Å². The standard InChI is InChI=1S/C31H31Cl2N5O6/c1-31(2,3)44-25(39)10-6-9-23(17-7-5-8-20(32)13-17)35-27(40)18-11-12-22(33)24(15-18)36-28(41)21-14-19-16-34-30(43-4)38-26(19)37-29(21)42/h5,7-8,11-16,23H,6,9-10H2,1-4H3,(H,35,40)(H,36,41)(H,34,37,38,42)/t23-/m0/s1. The number of aromatic nitrogens is 3. The second kappa shape index (κ2) is 13.9. The summed E-state index contributed by atoms with van der Waals surface area (Å²) < 4.78 is 10.4. The number of aromatic amines is 1. The van der Waals surface area contributed by atoms with E-state index in [0.717, 1.165) is 5.56 Å². The highest BCUT2D eigenvalue weighted by molar-refractivity contribution is 6.34. The van der Waals surface area contributed by atoms with Crippen LogP contribution in [0.5, 0.6) is 6.01 Å². The Kier molecular flexibility index (Phi) is 10.2. The van der Waals surface area contributed by atoms with Crippen molar-refractivity contribution in [2.45, 2.75) is 51.7 Å². The summed E-state index contributed by atoms with van der Waals surface area (Å²) >= 11 is 12.6. The van der Waals surface area contributed by atoms with Gasteiger partial charge in [0, 0.05) is 28.6 Å². The van der Waals surface area contributed by atoms with Gasteiger partial charge in [0.15, 0.2) is 0 Å². The third kappa shape index (κ3) is 8.55. The number of H-pyrrole nitrogens is 1. The molecule has 0 aliphatic heterocycles. The van der Waals surface area contributed by atoms with E-state index in [1.54, 1.807) is 39.0 Å². The summed E-state index contributed by atoms with van der Waals surface area (Å²) in [6.45, 7) is 5.40. The number of amides is 2. The van der Waals surface area contributed by atoms with E-state index >= 15 is 0 Å². The molecule has 2 heterocycles. The number of ether oxygens (including phenoxy) is 2. The Hall–Kier alpha value is -4.48. The van der Waals surface area contributed by atoms with E-state index in [1.165, 1.54) is 37.6 Å². The van der Waals surface area contributed by atoms with Gasteiger partial charge in [0.2, 0.25) is 0 Å². The second-order valence-corrected chi connectivity index (χ2v) is 11.7. The average Bonchev–Trinajstić information content (AvgIpc) is 2.96. The molecule has 230 valence electrons. The van der Waals surface area contributed by atoms with Crippen LogP contribution in [0.15, 0.2) is 59.5 Å². The lowest BCUT2D eigenvalue weighted by atomic mass is 10.00. The molecule has 44 heavy (non-hydrogen) atoms. The zero-order valence-corrected chi connectivity index (χ0v) is 26.0. The van der Waals surface area contributed by atoms with E-state index in [0.29, 0.717) is 23.3 Å². The van der Waals surface area contributed by atoms with Gasteiger partial charge in [-0.2, -0.15) is 4.98 Å². The largest absolute Gasteiger partial charge is 0.467 e. The van der Waals surface area contributed by atoms with Crippen molar-refractivity contribution < 1.29 is 23.9 Å². The van der Waals surface area contributed by atoms with Crippen molar-refractivity contribution >= 4 is 57.7 Å². The third-order valence-electron chi connectivity index (χ3n) is 6.33. The minimum absolute atomic E-state index is 0.0628. The molecule has 4 aromatic rings. The molecule has 11 nitrogen and oxygen atoms in total. The maximum absolute atomic E-state index is 13.4. The summed E-state index contributed by atoms with van der Waals surface area (Å²) in [4.78, 5) is 62.0. The minimum atomic E-state index is -0.748. The number of methoxy groups -OCH3 is 1. The molecule has 0 fully saturated rings. The fraction of sp³-hybridized carbons (Fsp3) is 0.290. The first-order valence-corrected chi connectivity index (χ1v) is 14.4. The highest BCUT2D eigenvalue weighted by Crippen LogP contribution is 2.27. The number of nitrogens with one attached hydrogen (secondary N) is 3. The van der Waals surface area contributed by atoms with Gasteiger partial charge >= 0.3 is 12.0 Å². The molecule has 2 aromatic heterocycles. The van der Waals surface area contributed by atoms with Crippen LogP contribution in [0.2, 0.25) is 10.0 Å². The number of esters is 1. The number of pyridine rings is 1. The molecule has 0 bridgehead atoms. The summed E-state index contributed by atoms with van der Waals surface area (Å²) in [5.41, 5.74) is -0.190. The van der Waals surface area contributed by atoms with Gasteiger partial charge in [0.1, 0.15) is 16.8 Å². The van der Waals surface area contributed by atoms with Crippen molar-refractivity contribution in [2.75, 3.05) is 12.4 Å². The number of fused-ring (bicyclic) bond motifs is 1. The van der Waals surface area contributed by atoms with Crippen molar-refractivity contribution in [1.82, 2.24) is 20.3 Å². The minimum Gasteiger partial charge on any atom is -0.467 e. The molecule has 2 aromatic carbocycles. The zero-order valence-electron chi connectivity index (χ0n) is 24.5. The Morgan fingerprint density at radius 1 is 1.05 bits per heavy atom. The Bertz CT molecular complexity index is 1770. The van der Waals surface area contributed by atoms with Gasteiger partial charge in [0.05, 0.1) is 23.9 Å². The molecule has 0 saturated carbocycles. The average molecular weight is 641 g/mol. The summed E-state index contributed by atoms with van der Waals surface area (Å²) in [5.74, 6) is -1.53. The highest BCUT2D eigenvalue weighted by Gasteiger charge is 2.21. The molecule has 0 aliphatic carbocycles. The maximum atomic E-state index is 13.4. The van der Waals surface area contributed by atoms with Crippen molar-refractivity contribution in [1.29, 1.82) is 0 Å². The van der Waals surface area contributed by atoms with E-state index in [-0.39, 0.29) is 45.9 Å². The first-order valence-electron chi connectivity index (χ1n) is 13.7. The molecule has 1 atom stereocenters. The number of carbonyl (C=O) groups is 3. The van der Waals surface area contributed by atoms with Gasteiger partial charge in [-0.1, -0.05) is 35.3 Å². The lowest BCUT2D eigenvalue weighted by molar-refractivity contribution is -0.154. The smallest absolute Gasteiger partial charge is 0.318 e. The molecule has 0 spiro atoms. The number of rotatable bonds is 10.